The highest BCUT2D eigenvalue weighted by atomic mass is 35.5. The molecule has 9 heteroatoms. The zero-order chi connectivity index (χ0) is 16.0. The molecule has 0 radical (unpaired) electrons. The molecule has 0 saturated carbocycles. The Hall–Kier alpha value is -0.110. The smallest absolute Gasteiger partial charge is 0.246 e. The van der Waals surface area contributed by atoms with Gasteiger partial charge < -0.3 is 5.32 Å². The predicted molar refractivity (Wildman–Crippen MR) is 91.6 cm³/mol. The van der Waals surface area contributed by atoms with Crippen LogP contribution >= 0.6 is 35.6 Å². The van der Waals surface area contributed by atoms with Crippen LogP contribution in [0.3, 0.4) is 0 Å². The van der Waals surface area contributed by atoms with Crippen molar-refractivity contribution < 1.29 is 12.8 Å². The van der Waals surface area contributed by atoms with Crippen LogP contribution in [0.4, 0.5) is 4.39 Å². The van der Waals surface area contributed by atoms with Gasteiger partial charge in [-0.1, -0.05) is 23.2 Å². The molecule has 4 nitrogen and oxygen atoms in total. The van der Waals surface area contributed by atoms with Crippen molar-refractivity contribution in [2.45, 2.75) is 24.2 Å². The second-order valence-electron chi connectivity index (χ2n) is 6.04. The van der Waals surface area contributed by atoms with Crippen LogP contribution in [0.15, 0.2) is 17.0 Å². The quantitative estimate of drug-likeness (QED) is 0.824. The Bertz CT molecular complexity index is 670. The monoisotopic (exact) mass is 402 g/mol. The summed E-state index contributed by atoms with van der Waals surface area (Å²) in [6.07, 6.45) is 2.76. The van der Waals surface area contributed by atoms with Crippen molar-refractivity contribution in [1.29, 1.82) is 0 Å². The fourth-order valence-corrected chi connectivity index (χ4v) is 6.06. The van der Waals surface area contributed by atoms with Crippen molar-refractivity contribution in [2.24, 2.45) is 5.41 Å². The zero-order valence-corrected chi connectivity index (χ0v) is 15.5. The number of halogens is 4. The van der Waals surface area contributed by atoms with E-state index in [4.69, 9.17) is 23.2 Å². The van der Waals surface area contributed by atoms with E-state index in [1.165, 1.54) is 4.31 Å². The van der Waals surface area contributed by atoms with Crippen molar-refractivity contribution in [2.75, 3.05) is 26.2 Å². The molecule has 23 heavy (non-hydrogen) atoms. The Morgan fingerprint density at radius 2 is 1.70 bits per heavy atom. The van der Waals surface area contributed by atoms with Crippen LogP contribution in [0, 0.1) is 11.2 Å². The molecule has 2 aliphatic rings. The van der Waals surface area contributed by atoms with E-state index in [9.17, 15) is 12.8 Å². The van der Waals surface area contributed by atoms with Gasteiger partial charge in [0.2, 0.25) is 10.0 Å². The van der Waals surface area contributed by atoms with Crippen molar-refractivity contribution in [3.63, 3.8) is 0 Å². The molecule has 0 amide bonds. The molecule has 1 aromatic carbocycles. The zero-order valence-electron chi connectivity index (χ0n) is 12.3. The number of nitrogens with zero attached hydrogens (tertiary/aromatic N) is 1. The van der Waals surface area contributed by atoms with Gasteiger partial charge in [-0.2, -0.15) is 4.31 Å². The normalized spacial score (nSPS) is 21.3. The molecule has 3 rings (SSSR count). The van der Waals surface area contributed by atoms with Gasteiger partial charge in [0.1, 0.15) is 10.7 Å². The molecule has 0 atom stereocenters. The molecule has 2 saturated heterocycles. The maximum absolute atomic E-state index is 13.3. The average Bonchev–Trinajstić information content (AvgIpc) is 2.82. The largest absolute Gasteiger partial charge is 0.317 e. The molecule has 1 N–H and O–H groups in total. The van der Waals surface area contributed by atoms with E-state index in [2.05, 4.69) is 5.32 Å². The minimum Gasteiger partial charge on any atom is -0.317 e. The summed E-state index contributed by atoms with van der Waals surface area (Å²) in [5.41, 5.74) is 0.0390. The van der Waals surface area contributed by atoms with E-state index in [1.54, 1.807) is 0 Å². The summed E-state index contributed by atoms with van der Waals surface area (Å²) in [4.78, 5) is -0.191. The Kier molecular flexibility index (Phi) is 5.87. The first-order valence-electron chi connectivity index (χ1n) is 7.20. The molecule has 0 aliphatic carbocycles. The molecule has 0 bridgehead atoms. The summed E-state index contributed by atoms with van der Waals surface area (Å²) in [5.74, 6) is -0.648. The van der Waals surface area contributed by atoms with E-state index in [1.807, 2.05) is 0 Å². The van der Waals surface area contributed by atoms with E-state index >= 15 is 0 Å². The molecule has 2 fully saturated rings. The second-order valence-corrected chi connectivity index (χ2v) is 8.73. The molecule has 0 unspecified atom stereocenters. The topological polar surface area (TPSA) is 49.4 Å². The van der Waals surface area contributed by atoms with Gasteiger partial charge in [-0.05, 0) is 49.9 Å². The lowest BCUT2D eigenvalue weighted by Gasteiger charge is -2.33. The standard InChI is InChI=1S/C14H17Cl2FN2O2S.ClH/c15-11-7-10(17)8-12(16)13(11)22(20,21)19-6-3-14(9-19)1-4-18-5-2-14;/h7-8,18H,1-6,9H2;1H. The van der Waals surface area contributed by atoms with Crippen LogP contribution < -0.4 is 5.32 Å². The number of benzene rings is 1. The molecule has 1 spiro atoms. The van der Waals surface area contributed by atoms with Gasteiger partial charge in [0.15, 0.2) is 0 Å². The lowest BCUT2D eigenvalue weighted by molar-refractivity contribution is 0.218. The highest BCUT2D eigenvalue weighted by Crippen LogP contribution is 2.42. The molecule has 2 aliphatic heterocycles. The van der Waals surface area contributed by atoms with Gasteiger partial charge in [-0.25, -0.2) is 12.8 Å². The summed E-state index contributed by atoms with van der Waals surface area (Å²) >= 11 is 11.9. The van der Waals surface area contributed by atoms with Crippen LogP contribution in [-0.2, 0) is 10.0 Å². The fraction of sp³-hybridized carbons (Fsp3) is 0.571. The predicted octanol–water partition coefficient (Wildman–Crippen LogP) is 3.32. The van der Waals surface area contributed by atoms with E-state index in [0.29, 0.717) is 13.1 Å². The van der Waals surface area contributed by atoms with E-state index in [-0.39, 0.29) is 32.8 Å². The Labute approximate surface area is 151 Å². The Morgan fingerprint density at radius 3 is 2.26 bits per heavy atom. The summed E-state index contributed by atoms with van der Waals surface area (Å²) in [7, 11) is -3.81. The first kappa shape index (κ1) is 19.2. The number of nitrogens with one attached hydrogen (secondary N) is 1. The van der Waals surface area contributed by atoms with Crippen LogP contribution in [0.5, 0.6) is 0 Å². The maximum Gasteiger partial charge on any atom is 0.246 e. The number of piperidine rings is 1. The molecule has 0 aromatic heterocycles. The van der Waals surface area contributed by atoms with Gasteiger partial charge in [-0.15, -0.1) is 12.4 Å². The summed E-state index contributed by atoms with van der Waals surface area (Å²) in [6, 6.07) is 1.97. The minimum atomic E-state index is -3.81. The molecular weight excluding hydrogens is 386 g/mol. The lowest BCUT2D eigenvalue weighted by atomic mass is 9.78. The maximum atomic E-state index is 13.3. The second kappa shape index (κ2) is 7.02. The lowest BCUT2D eigenvalue weighted by Crippen LogP contribution is -2.39. The van der Waals surface area contributed by atoms with Crippen molar-refractivity contribution in [3.05, 3.63) is 28.0 Å². The average molecular weight is 404 g/mol. The van der Waals surface area contributed by atoms with Crippen LogP contribution in [0.1, 0.15) is 19.3 Å². The highest BCUT2D eigenvalue weighted by Gasteiger charge is 2.44. The first-order chi connectivity index (χ1) is 10.3. The third kappa shape index (κ3) is 3.62. The van der Waals surface area contributed by atoms with Gasteiger partial charge in [0.05, 0.1) is 10.0 Å². The molecule has 2 heterocycles. The number of sulfonamides is 1. The Balaban J connectivity index is 0.00000192. The van der Waals surface area contributed by atoms with E-state index < -0.39 is 15.8 Å². The van der Waals surface area contributed by atoms with Gasteiger partial charge in [0, 0.05) is 13.1 Å². The fourth-order valence-electron chi connectivity index (χ4n) is 3.37. The van der Waals surface area contributed by atoms with Gasteiger partial charge in [-0.3, -0.25) is 0 Å². The number of hydrogen-bond donors (Lipinski definition) is 1. The third-order valence-electron chi connectivity index (χ3n) is 4.63. The number of rotatable bonds is 2. The van der Waals surface area contributed by atoms with Gasteiger partial charge >= 0.3 is 0 Å². The molecular formula is C14H18Cl3FN2O2S. The van der Waals surface area contributed by atoms with Gasteiger partial charge in [0.25, 0.3) is 0 Å². The SMILES string of the molecule is Cl.O=S(=O)(c1c(Cl)cc(F)cc1Cl)N1CCC2(CCNCC2)C1. The first-order valence-corrected chi connectivity index (χ1v) is 9.39. The van der Waals surface area contributed by atoms with Crippen molar-refractivity contribution >= 4 is 45.6 Å². The summed E-state index contributed by atoms with van der Waals surface area (Å²) in [6.45, 7) is 2.74. The molecule has 130 valence electrons. The molecule has 1 aromatic rings. The van der Waals surface area contributed by atoms with Crippen molar-refractivity contribution in [1.82, 2.24) is 9.62 Å². The Morgan fingerprint density at radius 1 is 1.13 bits per heavy atom. The minimum absolute atomic E-state index is 0. The van der Waals surface area contributed by atoms with Crippen LogP contribution in [0.25, 0.3) is 0 Å². The van der Waals surface area contributed by atoms with Crippen molar-refractivity contribution in [3.8, 4) is 0 Å². The number of hydrogen-bond acceptors (Lipinski definition) is 3. The van der Waals surface area contributed by atoms with Crippen LogP contribution in [0.2, 0.25) is 10.0 Å². The highest BCUT2D eigenvalue weighted by molar-refractivity contribution is 7.89. The van der Waals surface area contributed by atoms with Crippen LogP contribution in [-0.4, -0.2) is 38.9 Å². The third-order valence-corrected chi connectivity index (χ3v) is 7.40. The summed E-state index contributed by atoms with van der Waals surface area (Å²) in [5, 5.41) is 2.95. The summed E-state index contributed by atoms with van der Waals surface area (Å²) < 4.78 is 40.4. The van der Waals surface area contributed by atoms with E-state index in [0.717, 1.165) is 44.5 Å².